The maximum atomic E-state index is 12.1. The predicted molar refractivity (Wildman–Crippen MR) is 93.2 cm³/mol. The van der Waals surface area contributed by atoms with Gasteiger partial charge in [-0.3, -0.25) is 10.1 Å². The molecule has 0 N–H and O–H groups in total. The molecular weight excluding hydrogens is 340 g/mol. The zero-order chi connectivity index (χ0) is 18.7. The molecule has 1 aliphatic rings. The highest BCUT2D eigenvalue weighted by atomic mass is 16.6. The van der Waals surface area contributed by atoms with E-state index in [4.69, 9.17) is 14.2 Å². The van der Waals surface area contributed by atoms with Crippen molar-refractivity contribution < 1.29 is 23.9 Å². The minimum absolute atomic E-state index is 0.0580. The van der Waals surface area contributed by atoms with Gasteiger partial charge in [-0.1, -0.05) is 0 Å². The van der Waals surface area contributed by atoms with Gasteiger partial charge in [0.1, 0.15) is 11.5 Å². The molecule has 0 radical (unpaired) electrons. The monoisotopic (exact) mass is 354 g/mol. The molecule has 0 amide bonds. The first-order valence-corrected chi connectivity index (χ1v) is 7.51. The molecule has 0 spiro atoms. The second-order valence-corrected chi connectivity index (χ2v) is 5.25. The van der Waals surface area contributed by atoms with Gasteiger partial charge < -0.3 is 14.2 Å². The molecule has 0 fully saturated rings. The summed E-state index contributed by atoms with van der Waals surface area (Å²) in [5, 5.41) is 10.7. The number of cyclic esters (lactones) is 1. The number of ether oxygens (including phenoxy) is 3. The van der Waals surface area contributed by atoms with Gasteiger partial charge in [0, 0.05) is 29.3 Å². The van der Waals surface area contributed by atoms with Crippen molar-refractivity contribution in [1.29, 1.82) is 0 Å². The average Bonchev–Trinajstić information content (AvgIpc) is 3.02. The van der Waals surface area contributed by atoms with Crippen molar-refractivity contribution >= 4 is 23.6 Å². The van der Waals surface area contributed by atoms with Crippen molar-refractivity contribution in [1.82, 2.24) is 0 Å². The van der Waals surface area contributed by atoms with E-state index < -0.39 is 10.9 Å². The molecule has 132 valence electrons. The van der Waals surface area contributed by atoms with E-state index in [0.717, 1.165) is 0 Å². The van der Waals surface area contributed by atoms with E-state index in [1.54, 1.807) is 31.4 Å². The maximum Gasteiger partial charge on any atom is 0.363 e. The third-order valence-corrected chi connectivity index (χ3v) is 3.68. The summed E-state index contributed by atoms with van der Waals surface area (Å²) in [7, 11) is 3.05. The predicted octanol–water partition coefficient (Wildman–Crippen LogP) is 2.96. The first kappa shape index (κ1) is 17.2. The molecule has 0 saturated heterocycles. The SMILES string of the molecule is COc1ccc(/C=C2\N=C(c3ccc([N+](=O)[O-])cc3)OC2=O)c(OC)c1. The van der Waals surface area contributed by atoms with Crippen LogP contribution in [0.5, 0.6) is 11.5 Å². The van der Waals surface area contributed by atoms with E-state index in [2.05, 4.69) is 4.99 Å². The molecule has 0 aromatic heterocycles. The van der Waals surface area contributed by atoms with Crippen molar-refractivity contribution in [2.45, 2.75) is 0 Å². The highest BCUT2D eigenvalue weighted by Crippen LogP contribution is 2.28. The van der Waals surface area contributed by atoms with Gasteiger partial charge in [0.25, 0.3) is 5.69 Å². The number of rotatable bonds is 5. The summed E-state index contributed by atoms with van der Waals surface area (Å²) in [6.45, 7) is 0. The fourth-order valence-electron chi connectivity index (χ4n) is 2.34. The van der Waals surface area contributed by atoms with Gasteiger partial charge in [0.2, 0.25) is 5.90 Å². The van der Waals surface area contributed by atoms with Crippen LogP contribution in [0.3, 0.4) is 0 Å². The van der Waals surface area contributed by atoms with E-state index in [9.17, 15) is 14.9 Å². The number of esters is 1. The highest BCUT2D eigenvalue weighted by molar-refractivity contribution is 6.13. The van der Waals surface area contributed by atoms with Crippen LogP contribution < -0.4 is 9.47 Å². The summed E-state index contributed by atoms with van der Waals surface area (Å²) in [6, 6.07) is 10.7. The van der Waals surface area contributed by atoms with Crippen LogP contribution in [0.25, 0.3) is 6.08 Å². The summed E-state index contributed by atoms with van der Waals surface area (Å²) in [5.41, 5.74) is 1.14. The number of carbonyl (C=O) groups is 1. The molecule has 0 atom stereocenters. The van der Waals surface area contributed by atoms with Crippen molar-refractivity contribution in [3.8, 4) is 11.5 Å². The van der Waals surface area contributed by atoms with Gasteiger partial charge in [-0.2, -0.15) is 0 Å². The number of hydrogen-bond donors (Lipinski definition) is 0. The molecule has 8 heteroatoms. The fourth-order valence-corrected chi connectivity index (χ4v) is 2.34. The Morgan fingerprint density at radius 1 is 1.12 bits per heavy atom. The largest absolute Gasteiger partial charge is 0.497 e. The lowest BCUT2D eigenvalue weighted by Crippen LogP contribution is -2.05. The topological polar surface area (TPSA) is 100 Å². The summed E-state index contributed by atoms with van der Waals surface area (Å²) in [6.07, 6.45) is 1.54. The van der Waals surface area contributed by atoms with Crippen LogP contribution in [0.15, 0.2) is 53.2 Å². The first-order valence-electron chi connectivity index (χ1n) is 7.51. The zero-order valence-corrected chi connectivity index (χ0v) is 14.0. The normalized spacial score (nSPS) is 14.8. The molecule has 8 nitrogen and oxygen atoms in total. The Labute approximate surface area is 148 Å². The van der Waals surface area contributed by atoms with Crippen molar-refractivity contribution in [3.63, 3.8) is 0 Å². The van der Waals surface area contributed by atoms with Crippen molar-refractivity contribution in [3.05, 3.63) is 69.4 Å². The standard InChI is InChI=1S/C18H14N2O6/c1-24-14-8-5-12(16(10-14)25-2)9-15-18(21)26-17(19-15)11-3-6-13(7-4-11)20(22)23/h3-10H,1-2H3/b15-9-. The third-order valence-electron chi connectivity index (χ3n) is 3.68. The van der Waals surface area contributed by atoms with E-state index in [1.807, 2.05) is 0 Å². The summed E-state index contributed by atoms with van der Waals surface area (Å²) < 4.78 is 15.6. The fraction of sp³-hybridized carbons (Fsp3) is 0.111. The van der Waals surface area contributed by atoms with Crippen molar-refractivity contribution in [2.75, 3.05) is 14.2 Å². The molecule has 0 unspecified atom stereocenters. The van der Waals surface area contributed by atoms with Crippen LogP contribution in [0.4, 0.5) is 5.69 Å². The molecule has 0 aliphatic carbocycles. The van der Waals surface area contributed by atoms with E-state index >= 15 is 0 Å². The van der Waals surface area contributed by atoms with Gasteiger partial charge in [0.15, 0.2) is 5.70 Å². The van der Waals surface area contributed by atoms with Gasteiger partial charge in [0.05, 0.1) is 19.1 Å². The summed E-state index contributed by atoms with van der Waals surface area (Å²) >= 11 is 0. The lowest BCUT2D eigenvalue weighted by molar-refractivity contribution is -0.384. The Morgan fingerprint density at radius 2 is 1.85 bits per heavy atom. The first-order chi connectivity index (χ1) is 12.5. The Kier molecular flexibility index (Phi) is 4.66. The number of methoxy groups -OCH3 is 2. The number of nitro groups is 1. The number of nitro benzene ring substituents is 1. The van der Waals surface area contributed by atoms with E-state index in [0.29, 0.717) is 22.6 Å². The number of hydrogen-bond acceptors (Lipinski definition) is 7. The summed E-state index contributed by atoms with van der Waals surface area (Å²) in [4.78, 5) is 26.5. The lowest BCUT2D eigenvalue weighted by Gasteiger charge is -2.07. The zero-order valence-electron chi connectivity index (χ0n) is 14.0. The van der Waals surface area contributed by atoms with Gasteiger partial charge >= 0.3 is 5.97 Å². The number of nitrogens with zero attached hydrogens (tertiary/aromatic N) is 2. The maximum absolute atomic E-state index is 12.1. The molecule has 0 saturated carbocycles. The Bertz CT molecular complexity index is 931. The number of non-ortho nitro benzene ring substituents is 1. The van der Waals surface area contributed by atoms with Gasteiger partial charge in [-0.25, -0.2) is 9.79 Å². The lowest BCUT2D eigenvalue weighted by atomic mass is 10.1. The molecular formula is C18H14N2O6. The second-order valence-electron chi connectivity index (χ2n) is 5.25. The smallest absolute Gasteiger partial charge is 0.363 e. The van der Waals surface area contributed by atoms with Crippen LogP contribution in [0.1, 0.15) is 11.1 Å². The average molecular weight is 354 g/mol. The van der Waals surface area contributed by atoms with Gasteiger partial charge in [-0.05, 0) is 30.3 Å². The molecule has 3 rings (SSSR count). The molecule has 0 bridgehead atoms. The molecule has 1 heterocycles. The number of aliphatic imine (C=N–C) groups is 1. The van der Waals surface area contributed by atoms with Crippen LogP contribution in [0, 0.1) is 10.1 Å². The quantitative estimate of drug-likeness (QED) is 0.354. The number of carbonyl (C=O) groups excluding carboxylic acids is 1. The minimum Gasteiger partial charge on any atom is -0.497 e. The molecule has 1 aliphatic heterocycles. The third kappa shape index (κ3) is 3.39. The highest BCUT2D eigenvalue weighted by Gasteiger charge is 2.25. The molecule has 2 aromatic rings. The van der Waals surface area contributed by atoms with Crippen molar-refractivity contribution in [2.24, 2.45) is 4.99 Å². The second kappa shape index (κ2) is 7.06. The molecule has 26 heavy (non-hydrogen) atoms. The minimum atomic E-state index is -0.615. The van der Waals surface area contributed by atoms with Crippen LogP contribution in [-0.2, 0) is 9.53 Å². The Hall–Kier alpha value is -3.68. The summed E-state index contributed by atoms with van der Waals surface area (Å²) in [5.74, 6) is 0.608. The van der Waals surface area contributed by atoms with Crippen LogP contribution >= 0.6 is 0 Å². The Morgan fingerprint density at radius 3 is 2.46 bits per heavy atom. The number of benzene rings is 2. The van der Waals surface area contributed by atoms with Crippen LogP contribution in [-0.4, -0.2) is 31.0 Å². The van der Waals surface area contributed by atoms with Gasteiger partial charge in [-0.15, -0.1) is 0 Å². The van der Waals surface area contributed by atoms with E-state index in [1.165, 1.54) is 31.4 Å². The molecule has 2 aromatic carbocycles. The Balaban J connectivity index is 1.92. The van der Waals surface area contributed by atoms with Crippen LogP contribution in [0.2, 0.25) is 0 Å². The van der Waals surface area contributed by atoms with E-state index in [-0.39, 0.29) is 17.3 Å².